The predicted octanol–water partition coefficient (Wildman–Crippen LogP) is 1.54. The number of nitrogens with zero attached hydrogens (tertiary/aromatic N) is 2. The average Bonchev–Trinajstić information content (AvgIpc) is 2.65. The van der Waals surface area contributed by atoms with Gasteiger partial charge in [0.15, 0.2) is 0 Å². The van der Waals surface area contributed by atoms with Crippen molar-refractivity contribution in [2.24, 2.45) is 0 Å². The standard InChI is InChI=1S/C16H21BrN2O5S/c1-23-14-5-3-13(15(11-14)24-2)4-6-16(20)18-7-9-19(10-8-18)25(21,22)12-17/h3-6,11H,7-10,12H2,1-2H3. The number of carbonyl (C=O) groups excluding carboxylic acids is 1. The largest absolute Gasteiger partial charge is 0.497 e. The van der Waals surface area contributed by atoms with Gasteiger partial charge in [0.2, 0.25) is 15.9 Å². The molecule has 1 amide bonds. The summed E-state index contributed by atoms with van der Waals surface area (Å²) in [6.45, 7) is 1.35. The fraction of sp³-hybridized carbons (Fsp3) is 0.438. The zero-order valence-electron chi connectivity index (χ0n) is 14.1. The first-order valence-corrected chi connectivity index (χ1v) is 10.4. The van der Waals surface area contributed by atoms with E-state index in [1.807, 2.05) is 6.07 Å². The average molecular weight is 433 g/mol. The highest BCUT2D eigenvalue weighted by molar-refractivity contribution is 9.10. The predicted molar refractivity (Wildman–Crippen MR) is 99.4 cm³/mol. The molecule has 1 fully saturated rings. The molecule has 7 nitrogen and oxygen atoms in total. The monoisotopic (exact) mass is 432 g/mol. The first-order chi connectivity index (χ1) is 11.9. The van der Waals surface area contributed by atoms with Crippen molar-refractivity contribution in [3.8, 4) is 11.5 Å². The molecule has 0 radical (unpaired) electrons. The maximum absolute atomic E-state index is 12.3. The van der Waals surface area contributed by atoms with Gasteiger partial charge in [-0.2, -0.15) is 4.31 Å². The first-order valence-electron chi connectivity index (χ1n) is 7.64. The Labute approximate surface area is 156 Å². The summed E-state index contributed by atoms with van der Waals surface area (Å²) in [6.07, 6.45) is 3.15. The lowest BCUT2D eigenvalue weighted by Gasteiger charge is -2.33. The van der Waals surface area contributed by atoms with Gasteiger partial charge < -0.3 is 14.4 Å². The van der Waals surface area contributed by atoms with Crippen molar-refractivity contribution in [2.45, 2.75) is 0 Å². The number of ether oxygens (including phenoxy) is 2. The molecule has 0 N–H and O–H groups in total. The lowest BCUT2D eigenvalue weighted by atomic mass is 10.1. The lowest BCUT2D eigenvalue weighted by molar-refractivity contribution is -0.127. The van der Waals surface area contributed by atoms with Crippen LogP contribution >= 0.6 is 15.9 Å². The molecule has 25 heavy (non-hydrogen) atoms. The molecule has 0 atom stereocenters. The quantitative estimate of drug-likeness (QED) is 0.503. The summed E-state index contributed by atoms with van der Waals surface area (Å²) in [6, 6.07) is 5.34. The Morgan fingerprint density at radius 1 is 1.20 bits per heavy atom. The third-order valence-electron chi connectivity index (χ3n) is 3.93. The van der Waals surface area contributed by atoms with E-state index in [2.05, 4.69) is 15.9 Å². The fourth-order valence-electron chi connectivity index (χ4n) is 2.48. The fourth-order valence-corrected chi connectivity index (χ4v) is 4.20. The zero-order chi connectivity index (χ0) is 18.4. The number of carbonyl (C=O) groups is 1. The third-order valence-corrected chi connectivity index (χ3v) is 7.09. The molecule has 0 unspecified atom stereocenters. The van der Waals surface area contributed by atoms with E-state index in [0.717, 1.165) is 5.56 Å². The van der Waals surface area contributed by atoms with Crippen molar-refractivity contribution in [2.75, 3.05) is 45.1 Å². The van der Waals surface area contributed by atoms with Crippen molar-refractivity contribution in [3.63, 3.8) is 0 Å². The SMILES string of the molecule is COc1ccc(C=CC(=O)N2CCN(S(=O)(=O)CBr)CC2)c(OC)c1. The van der Waals surface area contributed by atoms with Crippen LogP contribution in [0.15, 0.2) is 24.3 Å². The third kappa shape index (κ3) is 4.96. The van der Waals surface area contributed by atoms with Gasteiger partial charge in [0.05, 0.1) is 14.2 Å². The number of amides is 1. The molecule has 1 aromatic carbocycles. The number of alkyl halides is 1. The molecule has 1 heterocycles. The summed E-state index contributed by atoms with van der Waals surface area (Å²) in [5.74, 6) is 1.12. The van der Waals surface area contributed by atoms with Crippen LogP contribution in [0.4, 0.5) is 0 Å². The van der Waals surface area contributed by atoms with Crippen LogP contribution in [0.25, 0.3) is 6.08 Å². The number of methoxy groups -OCH3 is 2. The lowest BCUT2D eigenvalue weighted by Crippen LogP contribution is -2.50. The van der Waals surface area contributed by atoms with Gasteiger partial charge in [0.1, 0.15) is 16.2 Å². The smallest absolute Gasteiger partial charge is 0.246 e. The van der Waals surface area contributed by atoms with Gasteiger partial charge in [-0.05, 0) is 18.2 Å². The van der Waals surface area contributed by atoms with E-state index in [4.69, 9.17) is 9.47 Å². The van der Waals surface area contributed by atoms with Crippen molar-refractivity contribution in [1.82, 2.24) is 9.21 Å². The van der Waals surface area contributed by atoms with Crippen LogP contribution in [0.2, 0.25) is 0 Å². The summed E-state index contributed by atoms with van der Waals surface area (Å²) >= 11 is 2.98. The Morgan fingerprint density at radius 2 is 1.88 bits per heavy atom. The maximum Gasteiger partial charge on any atom is 0.246 e. The van der Waals surface area contributed by atoms with Crippen LogP contribution in [0.3, 0.4) is 0 Å². The molecule has 138 valence electrons. The number of sulfonamides is 1. The van der Waals surface area contributed by atoms with Crippen LogP contribution in [-0.2, 0) is 14.8 Å². The number of rotatable bonds is 6. The van der Waals surface area contributed by atoms with E-state index in [1.165, 1.54) is 10.4 Å². The van der Waals surface area contributed by atoms with Crippen molar-refractivity contribution in [3.05, 3.63) is 29.8 Å². The summed E-state index contributed by atoms with van der Waals surface area (Å²) in [7, 11) is -0.150. The first kappa shape index (κ1) is 19.7. The Balaban J connectivity index is 2.00. The molecule has 1 aromatic rings. The number of piperazine rings is 1. The number of hydrogen-bond donors (Lipinski definition) is 0. The van der Waals surface area contributed by atoms with E-state index in [9.17, 15) is 13.2 Å². The second-order valence-electron chi connectivity index (χ2n) is 5.39. The van der Waals surface area contributed by atoms with Crippen LogP contribution < -0.4 is 9.47 Å². The Kier molecular flexibility index (Phi) is 6.86. The molecule has 9 heteroatoms. The second kappa shape index (κ2) is 8.68. The van der Waals surface area contributed by atoms with E-state index >= 15 is 0 Å². The summed E-state index contributed by atoms with van der Waals surface area (Å²) in [5.41, 5.74) is 0.761. The van der Waals surface area contributed by atoms with E-state index in [1.54, 1.807) is 37.3 Å². The molecular weight excluding hydrogens is 412 g/mol. The van der Waals surface area contributed by atoms with Crippen LogP contribution in [0.1, 0.15) is 5.56 Å². The van der Waals surface area contributed by atoms with E-state index in [0.29, 0.717) is 37.7 Å². The summed E-state index contributed by atoms with van der Waals surface area (Å²) in [5, 5.41) is 0. The van der Waals surface area contributed by atoms with Gasteiger partial charge in [-0.15, -0.1) is 0 Å². The van der Waals surface area contributed by atoms with E-state index in [-0.39, 0.29) is 10.6 Å². The topological polar surface area (TPSA) is 76.2 Å². The van der Waals surface area contributed by atoms with Gasteiger partial charge in [-0.25, -0.2) is 8.42 Å². The van der Waals surface area contributed by atoms with Gasteiger partial charge in [0, 0.05) is 43.9 Å². The number of hydrogen-bond acceptors (Lipinski definition) is 5. The van der Waals surface area contributed by atoms with E-state index < -0.39 is 10.0 Å². The van der Waals surface area contributed by atoms with Crippen LogP contribution in [0, 0.1) is 0 Å². The molecule has 0 aliphatic carbocycles. The normalized spacial score (nSPS) is 16.2. The molecule has 0 bridgehead atoms. The number of halogens is 1. The number of benzene rings is 1. The van der Waals surface area contributed by atoms with Crippen molar-refractivity contribution < 1.29 is 22.7 Å². The molecule has 0 aromatic heterocycles. The minimum Gasteiger partial charge on any atom is -0.497 e. The van der Waals surface area contributed by atoms with Gasteiger partial charge >= 0.3 is 0 Å². The van der Waals surface area contributed by atoms with Crippen molar-refractivity contribution in [1.29, 1.82) is 0 Å². The Morgan fingerprint density at radius 3 is 2.44 bits per heavy atom. The van der Waals surface area contributed by atoms with Gasteiger partial charge in [0.25, 0.3) is 0 Å². The molecule has 1 saturated heterocycles. The molecule has 2 rings (SSSR count). The summed E-state index contributed by atoms with van der Waals surface area (Å²) < 4.78 is 35.3. The minimum absolute atomic E-state index is 0.106. The van der Waals surface area contributed by atoms with Crippen LogP contribution in [-0.4, -0.2) is 68.6 Å². The highest BCUT2D eigenvalue weighted by atomic mass is 79.9. The Hall–Kier alpha value is -1.58. The molecule has 0 spiro atoms. The van der Waals surface area contributed by atoms with Gasteiger partial charge in [-0.3, -0.25) is 4.79 Å². The highest BCUT2D eigenvalue weighted by Crippen LogP contribution is 2.25. The maximum atomic E-state index is 12.3. The molecule has 1 aliphatic heterocycles. The zero-order valence-corrected chi connectivity index (χ0v) is 16.5. The second-order valence-corrected chi connectivity index (χ2v) is 8.66. The molecule has 1 aliphatic rings. The molecule has 0 saturated carbocycles. The minimum atomic E-state index is -3.28. The molecular formula is C16H21BrN2O5S. The Bertz CT molecular complexity index is 743. The highest BCUT2D eigenvalue weighted by Gasteiger charge is 2.27. The van der Waals surface area contributed by atoms with Crippen molar-refractivity contribution >= 4 is 37.9 Å². The van der Waals surface area contributed by atoms with Gasteiger partial charge in [-0.1, -0.05) is 15.9 Å². The van der Waals surface area contributed by atoms with Crippen LogP contribution in [0.5, 0.6) is 11.5 Å². The summed E-state index contributed by atoms with van der Waals surface area (Å²) in [4.78, 5) is 13.9.